The maximum atomic E-state index is 11.2. The number of phenols is 3. The molecule has 5 unspecified atom stereocenters. The van der Waals surface area contributed by atoms with Crippen LogP contribution in [0.4, 0.5) is 0 Å². The second-order valence-electron chi connectivity index (χ2n) is 8.07. The zero-order valence-corrected chi connectivity index (χ0v) is 17.9. The second kappa shape index (κ2) is 9.58. The first-order valence-electron chi connectivity index (χ1n) is 10.6. The average molecular weight is 474 g/mol. The van der Waals surface area contributed by atoms with E-state index >= 15 is 0 Å². The third-order valence-electron chi connectivity index (χ3n) is 5.90. The first-order chi connectivity index (χ1) is 16.3. The maximum absolute atomic E-state index is 11.2. The molecule has 0 bridgehead atoms. The van der Waals surface area contributed by atoms with Crippen molar-refractivity contribution in [2.75, 3.05) is 13.2 Å². The van der Waals surface area contributed by atoms with Crippen molar-refractivity contribution >= 4 is 0 Å². The van der Waals surface area contributed by atoms with Crippen LogP contribution in [0.1, 0.15) is 11.7 Å². The predicted octanol–water partition coefficient (Wildman–Crippen LogP) is -0.159. The van der Waals surface area contributed by atoms with Crippen molar-refractivity contribution in [3.63, 3.8) is 0 Å². The van der Waals surface area contributed by atoms with Crippen LogP contribution < -0.4 is 0 Å². The minimum absolute atomic E-state index is 0.0606. The van der Waals surface area contributed by atoms with Gasteiger partial charge in [0.05, 0.1) is 25.3 Å². The Kier molecular flexibility index (Phi) is 6.75. The molecule has 2 heterocycles. The van der Waals surface area contributed by atoms with Crippen molar-refractivity contribution < 1.29 is 45.6 Å². The summed E-state index contributed by atoms with van der Waals surface area (Å²) in [7, 11) is 0. The molecule has 5 atom stereocenters. The molecule has 1 fully saturated rings. The van der Waals surface area contributed by atoms with Crippen LogP contribution in [-0.4, -0.2) is 88.3 Å². The summed E-state index contributed by atoms with van der Waals surface area (Å²) in [6.45, 7) is -0.684. The lowest BCUT2D eigenvalue weighted by molar-refractivity contribution is -0.232. The fraction of sp³-hybridized carbons (Fsp3) is 0.348. The molecule has 0 saturated carbocycles. The molecule has 2 aromatic carbocycles. The average Bonchev–Trinajstić information content (AvgIpc) is 3.23. The van der Waals surface area contributed by atoms with Crippen LogP contribution in [0.5, 0.6) is 17.2 Å². The molecular weight excluding hydrogens is 448 g/mol. The standard InChI is InChI=1S/C23H26N2O9/c26-8-7-25-9-14(11-1-3-12(28)4-2-11)18(24-25)13-5-6-15(29)17(19(13)30)23-22(33)21(32)20(31)16(10-27)34-23/h1-6,9,16,20-23,26-33H,7-8,10H2. The zero-order chi connectivity index (χ0) is 24.6. The van der Waals surface area contributed by atoms with E-state index in [0.29, 0.717) is 11.1 Å². The number of nitrogens with zero attached hydrogens (tertiary/aromatic N) is 2. The van der Waals surface area contributed by atoms with Crippen LogP contribution in [0.2, 0.25) is 0 Å². The lowest BCUT2D eigenvalue weighted by atomic mass is 9.88. The van der Waals surface area contributed by atoms with Crippen LogP contribution in [0.15, 0.2) is 42.6 Å². The fourth-order valence-electron chi connectivity index (χ4n) is 4.10. The van der Waals surface area contributed by atoms with Crippen LogP contribution >= 0.6 is 0 Å². The smallest absolute Gasteiger partial charge is 0.134 e. The Bertz CT molecular complexity index is 1150. The zero-order valence-electron chi connectivity index (χ0n) is 17.9. The van der Waals surface area contributed by atoms with E-state index in [1.807, 2.05) is 0 Å². The number of phenolic OH excluding ortho intramolecular Hbond substituents is 3. The van der Waals surface area contributed by atoms with Gasteiger partial charge in [0.1, 0.15) is 53.5 Å². The summed E-state index contributed by atoms with van der Waals surface area (Å²) < 4.78 is 6.99. The lowest BCUT2D eigenvalue weighted by Crippen LogP contribution is -2.55. The Morgan fingerprint density at radius 2 is 1.56 bits per heavy atom. The molecule has 0 amide bonds. The summed E-state index contributed by atoms with van der Waals surface area (Å²) in [4.78, 5) is 0. The van der Waals surface area contributed by atoms with Gasteiger partial charge in [-0.25, -0.2) is 0 Å². The molecule has 182 valence electrons. The van der Waals surface area contributed by atoms with Crippen molar-refractivity contribution in [1.82, 2.24) is 9.78 Å². The highest BCUT2D eigenvalue weighted by atomic mass is 16.5. The third kappa shape index (κ3) is 4.20. The highest BCUT2D eigenvalue weighted by Crippen LogP contribution is 2.46. The number of hydrogen-bond donors (Lipinski definition) is 8. The van der Waals surface area contributed by atoms with E-state index < -0.39 is 48.6 Å². The molecule has 1 aromatic heterocycles. The maximum Gasteiger partial charge on any atom is 0.134 e. The van der Waals surface area contributed by atoms with Gasteiger partial charge >= 0.3 is 0 Å². The second-order valence-corrected chi connectivity index (χ2v) is 8.07. The number of rotatable bonds is 6. The van der Waals surface area contributed by atoms with Gasteiger partial charge in [0.2, 0.25) is 0 Å². The first kappa shape index (κ1) is 24.0. The number of aliphatic hydroxyl groups excluding tert-OH is 5. The molecule has 0 radical (unpaired) electrons. The molecule has 34 heavy (non-hydrogen) atoms. The van der Waals surface area contributed by atoms with Crippen LogP contribution in [-0.2, 0) is 11.3 Å². The Hall–Kier alpha value is -3.19. The van der Waals surface area contributed by atoms with Gasteiger partial charge in [-0.2, -0.15) is 5.10 Å². The van der Waals surface area contributed by atoms with Gasteiger partial charge in [0.25, 0.3) is 0 Å². The van der Waals surface area contributed by atoms with Crippen LogP contribution in [0.25, 0.3) is 22.4 Å². The van der Waals surface area contributed by atoms with Crippen LogP contribution in [0.3, 0.4) is 0 Å². The third-order valence-corrected chi connectivity index (χ3v) is 5.90. The molecule has 1 saturated heterocycles. The number of aliphatic hydroxyl groups is 5. The van der Waals surface area contributed by atoms with Gasteiger partial charge in [-0.3, -0.25) is 4.68 Å². The number of hydrogen-bond acceptors (Lipinski definition) is 10. The molecule has 4 rings (SSSR count). The summed E-state index contributed by atoms with van der Waals surface area (Å²) in [5, 5.41) is 85.3. The van der Waals surface area contributed by atoms with Gasteiger partial charge in [-0.1, -0.05) is 12.1 Å². The van der Waals surface area contributed by atoms with E-state index in [2.05, 4.69) is 5.10 Å². The van der Waals surface area contributed by atoms with E-state index in [1.54, 1.807) is 18.3 Å². The molecule has 1 aliphatic heterocycles. The summed E-state index contributed by atoms with van der Waals surface area (Å²) in [6.07, 6.45) is -6.06. The van der Waals surface area contributed by atoms with Gasteiger partial charge < -0.3 is 45.6 Å². The monoisotopic (exact) mass is 474 g/mol. The molecule has 11 heteroatoms. The van der Waals surface area contributed by atoms with Crippen molar-refractivity contribution in [3.05, 3.63) is 48.2 Å². The van der Waals surface area contributed by atoms with Gasteiger partial charge in [0, 0.05) is 17.3 Å². The highest BCUT2D eigenvalue weighted by Gasteiger charge is 2.46. The summed E-state index contributed by atoms with van der Waals surface area (Å²) in [5.41, 5.74) is 1.39. The number of benzene rings is 2. The molecule has 3 aromatic rings. The Labute approximate surface area is 194 Å². The largest absolute Gasteiger partial charge is 0.508 e. The van der Waals surface area contributed by atoms with Gasteiger partial charge in [-0.15, -0.1) is 0 Å². The summed E-state index contributed by atoms with van der Waals surface area (Å²) >= 11 is 0. The molecule has 1 aliphatic rings. The summed E-state index contributed by atoms with van der Waals surface area (Å²) in [6, 6.07) is 8.94. The quantitative estimate of drug-likeness (QED) is 0.238. The number of ether oxygens (including phenoxy) is 1. The topological polar surface area (TPSA) is 189 Å². The van der Waals surface area contributed by atoms with E-state index in [4.69, 9.17) is 4.74 Å². The Morgan fingerprint density at radius 1 is 0.853 bits per heavy atom. The van der Waals surface area contributed by atoms with Gasteiger partial charge in [-0.05, 0) is 29.8 Å². The van der Waals surface area contributed by atoms with E-state index in [9.17, 15) is 40.9 Å². The molecule has 11 nitrogen and oxygen atoms in total. The van der Waals surface area contributed by atoms with E-state index in [-0.39, 0.29) is 35.7 Å². The van der Waals surface area contributed by atoms with Gasteiger partial charge in [0.15, 0.2) is 0 Å². The SMILES string of the molecule is OCCn1cc(-c2ccc(O)cc2)c(-c2ccc(O)c(C3OC(CO)C(O)C(O)C3O)c2O)n1. The van der Waals surface area contributed by atoms with Crippen molar-refractivity contribution in [2.45, 2.75) is 37.1 Å². The lowest BCUT2D eigenvalue weighted by Gasteiger charge is -2.40. The first-order valence-corrected chi connectivity index (χ1v) is 10.6. The number of aromatic hydroxyl groups is 3. The molecular formula is C23H26N2O9. The van der Waals surface area contributed by atoms with Crippen molar-refractivity contribution in [1.29, 1.82) is 0 Å². The molecule has 0 spiro atoms. The van der Waals surface area contributed by atoms with Crippen molar-refractivity contribution in [2.24, 2.45) is 0 Å². The Morgan fingerprint density at radius 3 is 2.21 bits per heavy atom. The minimum Gasteiger partial charge on any atom is -0.508 e. The minimum atomic E-state index is -1.71. The number of aromatic nitrogens is 2. The predicted molar refractivity (Wildman–Crippen MR) is 118 cm³/mol. The van der Waals surface area contributed by atoms with E-state index in [0.717, 1.165) is 0 Å². The van der Waals surface area contributed by atoms with Crippen LogP contribution in [0, 0.1) is 0 Å². The fourth-order valence-corrected chi connectivity index (χ4v) is 4.10. The molecule has 0 aliphatic carbocycles. The Balaban J connectivity index is 1.85. The van der Waals surface area contributed by atoms with E-state index in [1.165, 1.54) is 28.9 Å². The highest BCUT2D eigenvalue weighted by molar-refractivity contribution is 5.84. The normalized spacial score (nSPS) is 24.9. The van der Waals surface area contributed by atoms with Crippen molar-refractivity contribution in [3.8, 4) is 39.6 Å². The summed E-state index contributed by atoms with van der Waals surface area (Å²) in [5.74, 6) is -0.865. The molecule has 8 N–H and O–H groups in total.